The average molecular weight is 298 g/mol. The van der Waals surface area contributed by atoms with Crippen LogP contribution in [0, 0.1) is 6.92 Å². The molecule has 1 aromatic heterocycles. The lowest BCUT2D eigenvalue weighted by Gasteiger charge is -2.35. The Morgan fingerprint density at radius 3 is 2.95 bits per heavy atom. The standard InChI is InChI=1S/C18H22N2O2/c1-12-4-5-16-13(8-12)9-14(11-19-16)17(21)20-15-6-7-22-18(2,3)10-15/h4-5,8-9,11,15H,6-7,10H2,1-3H3,(H,20,21). The van der Waals surface area contributed by atoms with Crippen LogP contribution < -0.4 is 5.32 Å². The summed E-state index contributed by atoms with van der Waals surface area (Å²) in [7, 11) is 0. The fourth-order valence-corrected chi connectivity index (χ4v) is 3.00. The molecule has 3 rings (SSSR count). The predicted molar refractivity (Wildman–Crippen MR) is 87.0 cm³/mol. The summed E-state index contributed by atoms with van der Waals surface area (Å²) in [6.45, 7) is 6.85. The van der Waals surface area contributed by atoms with Crippen molar-refractivity contribution in [2.24, 2.45) is 0 Å². The lowest BCUT2D eigenvalue weighted by Crippen LogP contribution is -2.45. The van der Waals surface area contributed by atoms with E-state index in [9.17, 15) is 4.79 Å². The van der Waals surface area contributed by atoms with Crippen LogP contribution in [0.5, 0.6) is 0 Å². The third-order valence-corrected chi connectivity index (χ3v) is 4.13. The quantitative estimate of drug-likeness (QED) is 0.926. The zero-order valence-corrected chi connectivity index (χ0v) is 13.3. The predicted octanol–water partition coefficient (Wildman–Crippen LogP) is 3.23. The van der Waals surface area contributed by atoms with E-state index in [1.807, 2.05) is 25.1 Å². The summed E-state index contributed by atoms with van der Waals surface area (Å²) in [5.41, 5.74) is 2.52. The third-order valence-electron chi connectivity index (χ3n) is 4.13. The van der Waals surface area contributed by atoms with E-state index in [2.05, 4.69) is 30.2 Å². The Bertz CT molecular complexity index is 709. The minimum atomic E-state index is -0.172. The highest BCUT2D eigenvalue weighted by atomic mass is 16.5. The van der Waals surface area contributed by atoms with E-state index in [0.717, 1.165) is 29.3 Å². The molecule has 2 aromatic rings. The molecule has 1 atom stereocenters. The highest BCUT2D eigenvalue weighted by Gasteiger charge is 2.29. The number of amides is 1. The molecule has 1 amide bonds. The topological polar surface area (TPSA) is 51.2 Å². The molecule has 1 aliphatic heterocycles. The normalized spacial score (nSPS) is 20.8. The molecule has 0 radical (unpaired) electrons. The van der Waals surface area contributed by atoms with Crippen LogP contribution in [0.3, 0.4) is 0 Å². The van der Waals surface area contributed by atoms with Gasteiger partial charge in [-0.15, -0.1) is 0 Å². The largest absolute Gasteiger partial charge is 0.375 e. The summed E-state index contributed by atoms with van der Waals surface area (Å²) in [5.74, 6) is -0.0568. The van der Waals surface area contributed by atoms with Crippen molar-refractivity contribution in [1.29, 1.82) is 0 Å². The number of carbonyl (C=O) groups is 1. The van der Waals surface area contributed by atoms with Gasteiger partial charge in [0, 0.05) is 24.2 Å². The van der Waals surface area contributed by atoms with Crippen molar-refractivity contribution in [3.8, 4) is 0 Å². The molecule has 0 aliphatic carbocycles. The highest BCUT2D eigenvalue weighted by molar-refractivity contribution is 5.97. The van der Waals surface area contributed by atoms with Gasteiger partial charge >= 0.3 is 0 Å². The first-order valence-corrected chi connectivity index (χ1v) is 7.74. The molecule has 1 unspecified atom stereocenters. The van der Waals surface area contributed by atoms with Crippen molar-refractivity contribution >= 4 is 16.8 Å². The molecule has 4 heteroatoms. The highest BCUT2D eigenvalue weighted by Crippen LogP contribution is 2.24. The fraction of sp³-hybridized carbons (Fsp3) is 0.444. The van der Waals surface area contributed by atoms with E-state index in [1.54, 1.807) is 6.20 Å². The van der Waals surface area contributed by atoms with Crippen LogP contribution >= 0.6 is 0 Å². The monoisotopic (exact) mass is 298 g/mol. The summed E-state index contributed by atoms with van der Waals surface area (Å²) < 4.78 is 5.69. The van der Waals surface area contributed by atoms with Gasteiger partial charge in [-0.1, -0.05) is 11.6 Å². The van der Waals surface area contributed by atoms with E-state index in [0.29, 0.717) is 12.2 Å². The Morgan fingerprint density at radius 2 is 2.18 bits per heavy atom. The van der Waals surface area contributed by atoms with Crippen molar-refractivity contribution in [1.82, 2.24) is 10.3 Å². The van der Waals surface area contributed by atoms with Gasteiger partial charge in [-0.25, -0.2) is 0 Å². The molecule has 22 heavy (non-hydrogen) atoms. The second kappa shape index (κ2) is 5.69. The van der Waals surface area contributed by atoms with Crippen molar-refractivity contribution in [3.05, 3.63) is 41.6 Å². The average Bonchev–Trinajstić information content (AvgIpc) is 2.45. The SMILES string of the molecule is Cc1ccc2ncc(C(=O)NC3CCOC(C)(C)C3)cc2c1. The second-order valence-corrected chi connectivity index (χ2v) is 6.69. The number of nitrogens with one attached hydrogen (secondary N) is 1. The van der Waals surface area contributed by atoms with E-state index >= 15 is 0 Å². The van der Waals surface area contributed by atoms with Crippen molar-refractivity contribution in [3.63, 3.8) is 0 Å². The first-order valence-electron chi connectivity index (χ1n) is 7.74. The van der Waals surface area contributed by atoms with Gasteiger partial charge in [0.05, 0.1) is 16.7 Å². The number of carbonyl (C=O) groups excluding carboxylic acids is 1. The minimum Gasteiger partial charge on any atom is -0.375 e. The number of ether oxygens (including phenoxy) is 1. The molecule has 1 aromatic carbocycles. The Balaban J connectivity index is 1.77. The zero-order chi connectivity index (χ0) is 15.7. The summed E-state index contributed by atoms with van der Waals surface area (Å²) >= 11 is 0. The summed E-state index contributed by atoms with van der Waals surface area (Å²) in [6, 6.07) is 8.13. The van der Waals surface area contributed by atoms with Crippen LogP contribution in [0.4, 0.5) is 0 Å². The molecule has 1 saturated heterocycles. The number of fused-ring (bicyclic) bond motifs is 1. The van der Waals surface area contributed by atoms with Crippen LogP contribution in [-0.2, 0) is 4.74 Å². The molecule has 0 spiro atoms. The van der Waals surface area contributed by atoms with E-state index in [-0.39, 0.29) is 17.6 Å². The first-order chi connectivity index (χ1) is 10.4. The van der Waals surface area contributed by atoms with E-state index < -0.39 is 0 Å². The van der Waals surface area contributed by atoms with Crippen molar-refractivity contribution in [2.75, 3.05) is 6.61 Å². The first kappa shape index (κ1) is 15.0. The lowest BCUT2D eigenvalue weighted by atomic mass is 9.94. The Morgan fingerprint density at radius 1 is 1.36 bits per heavy atom. The van der Waals surface area contributed by atoms with E-state index in [1.165, 1.54) is 0 Å². The molecule has 1 N–H and O–H groups in total. The van der Waals surface area contributed by atoms with Gasteiger partial charge in [-0.2, -0.15) is 0 Å². The molecule has 1 fully saturated rings. The number of hydrogen-bond acceptors (Lipinski definition) is 3. The Hall–Kier alpha value is -1.94. The van der Waals surface area contributed by atoms with Crippen LogP contribution in [0.2, 0.25) is 0 Å². The molecule has 0 saturated carbocycles. The minimum absolute atomic E-state index is 0.0568. The smallest absolute Gasteiger partial charge is 0.253 e. The lowest BCUT2D eigenvalue weighted by molar-refractivity contribution is -0.0615. The molecule has 0 bridgehead atoms. The summed E-state index contributed by atoms with van der Waals surface area (Å²) in [6.07, 6.45) is 3.34. The second-order valence-electron chi connectivity index (χ2n) is 6.69. The van der Waals surface area contributed by atoms with Gasteiger partial charge in [0.15, 0.2) is 0 Å². The van der Waals surface area contributed by atoms with Crippen molar-refractivity contribution < 1.29 is 9.53 Å². The van der Waals surface area contributed by atoms with Gasteiger partial charge < -0.3 is 10.1 Å². The number of pyridine rings is 1. The zero-order valence-electron chi connectivity index (χ0n) is 13.3. The maximum Gasteiger partial charge on any atom is 0.253 e. The number of hydrogen-bond donors (Lipinski definition) is 1. The Labute approximate surface area is 130 Å². The third kappa shape index (κ3) is 3.28. The number of nitrogens with zero attached hydrogens (tertiary/aromatic N) is 1. The van der Waals surface area contributed by atoms with Crippen LogP contribution in [0.15, 0.2) is 30.5 Å². The maximum absolute atomic E-state index is 12.5. The Kier molecular flexibility index (Phi) is 3.87. The van der Waals surface area contributed by atoms with Crippen LogP contribution in [0.1, 0.15) is 42.6 Å². The number of rotatable bonds is 2. The molecule has 4 nitrogen and oxygen atoms in total. The van der Waals surface area contributed by atoms with E-state index in [4.69, 9.17) is 4.74 Å². The van der Waals surface area contributed by atoms with Gasteiger partial charge in [0.25, 0.3) is 5.91 Å². The van der Waals surface area contributed by atoms with Gasteiger partial charge in [-0.05, 0) is 51.8 Å². The molecular weight excluding hydrogens is 276 g/mol. The maximum atomic E-state index is 12.5. The number of aryl methyl sites for hydroxylation is 1. The number of benzene rings is 1. The van der Waals surface area contributed by atoms with Crippen molar-refractivity contribution in [2.45, 2.75) is 45.3 Å². The molecule has 116 valence electrons. The summed E-state index contributed by atoms with van der Waals surface area (Å²) in [4.78, 5) is 16.8. The molecule has 1 aliphatic rings. The molecular formula is C18H22N2O2. The van der Waals surface area contributed by atoms with Gasteiger partial charge in [0.1, 0.15) is 0 Å². The van der Waals surface area contributed by atoms with Crippen LogP contribution in [0.25, 0.3) is 10.9 Å². The fourth-order valence-electron chi connectivity index (χ4n) is 3.00. The molecule has 2 heterocycles. The summed E-state index contributed by atoms with van der Waals surface area (Å²) in [5, 5.41) is 4.11. The van der Waals surface area contributed by atoms with Gasteiger partial charge in [-0.3, -0.25) is 9.78 Å². The van der Waals surface area contributed by atoms with Crippen LogP contribution in [-0.4, -0.2) is 29.1 Å². The van der Waals surface area contributed by atoms with Gasteiger partial charge in [0.2, 0.25) is 0 Å². The number of aromatic nitrogens is 1.